The summed E-state index contributed by atoms with van der Waals surface area (Å²) >= 11 is 0. The lowest BCUT2D eigenvalue weighted by atomic mass is 10.1. The maximum Gasteiger partial charge on any atom is 0.222 e. The summed E-state index contributed by atoms with van der Waals surface area (Å²) in [4.78, 5) is 13.5. The minimum absolute atomic E-state index is 0.332. The molecule has 0 bridgehead atoms. The van der Waals surface area contributed by atoms with E-state index in [1.54, 1.807) is 0 Å². The summed E-state index contributed by atoms with van der Waals surface area (Å²) in [6.45, 7) is 5.70. The van der Waals surface area contributed by atoms with Gasteiger partial charge in [0.25, 0.3) is 0 Å². The van der Waals surface area contributed by atoms with E-state index in [9.17, 15) is 4.79 Å². The van der Waals surface area contributed by atoms with Crippen molar-refractivity contribution < 1.29 is 4.79 Å². The second-order valence-electron chi connectivity index (χ2n) is 3.40. The van der Waals surface area contributed by atoms with E-state index in [-0.39, 0.29) is 0 Å². The molecular weight excluding hydrogens is 150 g/mol. The molecule has 0 atom stereocenters. The van der Waals surface area contributed by atoms with Gasteiger partial charge in [0.05, 0.1) is 0 Å². The SMILES string of the molecule is [CH2]CCCC(=O)N1CCCCC1. The lowest BCUT2D eigenvalue weighted by Gasteiger charge is -2.26. The first kappa shape index (κ1) is 9.56. The quantitative estimate of drug-likeness (QED) is 0.631. The van der Waals surface area contributed by atoms with E-state index < -0.39 is 0 Å². The number of nitrogens with zero attached hydrogens (tertiary/aromatic N) is 1. The summed E-state index contributed by atoms with van der Waals surface area (Å²) in [7, 11) is 0. The van der Waals surface area contributed by atoms with Crippen molar-refractivity contribution in [2.45, 2.75) is 38.5 Å². The number of piperidine rings is 1. The first-order valence-electron chi connectivity index (χ1n) is 4.91. The highest BCUT2D eigenvalue weighted by molar-refractivity contribution is 5.76. The molecule has 0 spiro atoms. The molecule has 1 fully saturated rings. The molecule has 0 saturated carbocycles. The van der Waals surface area contributed by atoms with Gasteiger partial charge in [-0.05, 0) is 25.7 Å². The van der Waals surface area contributed by atoms with Crippen molar-refractivity contribution in [2.75, 3.05) is 13.1 Å². The third-order valence-electron chi connectivity index (χ3n) is 2.35. The number of rotatable bonds is 3. The molecule has 2 nitrogen and oxygen atoms in total. The second-order valence-corrected chi connectivity index (χ2v) is 3.40. The molecule has 0 unspecified atom stereocenters. The van der Waals surface area contributed by atoms with Gasteiger partial charge in [0.2, 0.25) is 5.91 Å². The van der Waals surface area contributed by atoms with Crippen LogP contribution in [0.5, 0.6) is 0 Å². The van der Waals surface area contributed by atoms with Gasteiger partial charge in [-0.15, -0.1) is 0 Å². The Bertz CT molecular complexity index is 139. The number of hydrogen-bond acceptors (Lipinski definition) is 1. The zero-order valence-electron chi connectivity index (χ0n) is 7.72. The van der Waals surface area contributed by atoms with Gasteiger partial charge in [-0.1, -0.05) is 13.3 Å². The molecule has 69 valence electrons. The fourth-order valence-electron chi connectivity index (χ4n) is 1.58. The monoisotopic (exact) mass is 168 g/mol. The normalized spacial score (nSPS) is 17.9. The average molecular weight is 168 g/mol. The minimum atomic E-state index is 0.332. The van der Waals surface area contributed by atoms with Crippen molar-refractivity contribution in [3.8, 4) is 0 Å². The van der Waals surface area contributed by atoms with Crippen LogP contribution in [0.25, 0.3) is 0 Å². The van der Waals surface area contributed by atoms with Crippen LogP contribution in [-0.2, 0) is 4.79 Å². The highest BCUT2D eigenvalue weighted by Crippen LogP contribution is 2.10. The van der Waals surface area contributed by atoms with Crippen LogP contribution in [0, 0.1) is 6.92 Å². The van der Waals surface area contributed by atoms with Crippen LogP contribution in [0.15, 0.2) is 0 Å². The molecule has 0 aromatic rings. The maximum absolute atomic E-state index is 11.5. The largest absolute Gasteiger partial charge is 0.343 e. The van der Waals surface area contributed by atoms with Crippen molar-refractivity contribution in [3.63, 3.8) is 0 Å². The number of carbonyl (C=O) groups is 1. The molecule has 1 saturated heterocycles. The molecule has 1 amide bonds. The molecule has 1 heterocycles. The van der Waals surface area contributed by atoms with Crippen molar-refractivity contribution in [1.29, 1.82) is 0 Å². The molecule has 0 aromatic heterocycles. The van der Waals surface area contributed by atoms with Crippen molar-refractivity contribution in [3.05, 3.63) is 6.92 Å². The predicted molar refractivity (Wildman–Crippen MR) is 49.6 cm³/mol. The molecule has 0 N–H and O–H groups in total. The van der Waals surface area contributed by atoms with Crippen LogP contribution in [-0.4, -0.2) is 23.9 Å². The van der Waals surface area contributed by atoms with Crippen molar-refractivity contribution in [1.82, 2.24) is 4.90 Å². The van der Waals surface area contributed by atoms with Crippen LogP contribution in [0.3, 0.4) is 0 Å². The highest BCUT2D eigenvalue weighted by Gasteiger charge is 2.14. The lowest BCUT2D eigenvalue weighted by molar-refractivity contribution is -0.132. The van der Waals surface area contributed by atoms with Crippen LogP contribution in [0.1, 0.15) is 38.5 Å². The molecular formula is C10H18NO. The van der Waals surface area contributed by atoms with Gasteiger partial charge in [-0.25, -0.2) is 0 Å². The van der Waals surface area contributed by atoms with Gasteiger partial charge in [-0.2, -0.15) is 0 Å². The summed E-state index contributed by atoms with van der Waals surface area (Å²) in [6, 6.07) is 0. The number of hydrogen-bond donors (Lipinski definition) is 0. The van der Waals surface area contributed by atoms with Crippen LogP contribution in [0.4, 0.5) is 0 Å². The van der Waals surface area contributed by atoms with E-state index in [4.69, 9.17) is 0 Å². The highest BCUT2D eigenvalue weighted by atomic mass is 16.2. The molecule has 0 aromatic carbocycles. The Morgan fingerprint density at radius 1 is 1.25 bits per heavy atom. The van der Waals surface area contributed by atoms with Gasteiger partial charge in [-0.3, -0.25) is 4.79 Å². The van der Waals surface area contributed by atoms with E-state index in [2.05, 4.69) is 6.92 Å². The third kappa shape index (κ3) is 2.84. The Hall–Kier alpha value is -0.530. The van der Waals surface area contributed by atoms with E-state index in [0.29, 0.717) is 12.3 Å². The van der Waals surface area contributed by atoms with E-state index >= 15 is 0 Å². The van der Waals surface area contributed by atoms with Gasteiger partial charge < -0.3 is 4.90 Å². The fourth-order valence-corrected chi connectivity index (χ4v) is 1.58. The lowest BCUT2D eigenvalue weighted by Crippen LogP contribution is -2.35. The zero-order chi connectivity index (χ0) is 8.81. The summed E-state index contributed by atoms with van der Waals surface area (Å²) in [5, 5.41) is 0. The Morgan fingerprint density at radius 3 is 2.50 bits per heavy atom. The molecule has 1 radical (unpaired) electrons. The average Bonchev–Trinajstić information content (AvgIpc) is 2.15. The predicted octanol–water partition coefficient (Wildman–Crippen LogP) is 2.00. The number of amides is 1. The van der Waals surface area contributed by atoms with E-state index in [1.807, 2.05) is 4.90 Å². The van der Waals surface area contributed by atoms with E-state index in [0.717, 1.165) is 25.9 Å². The summed E-state index contributed by atoms with van der Waals surface area (Å²) in [5.41, 5.74) is 0. The Labute approximate surface area is 74.9 Å². The molecule has 0 aliphatic carbocycles. The van der Waals surface area contributed by atoms with Gasteiger partial charge in [0.1, 0.15) is 0 Å². The number of carbonyl (C=O) groups excluding carboxylic acids is 1. The fraction of sp³-hybridized carbons (Fsp3) is 0.800. The van der Waals surface area contributed by atoms with Crippen LogP contribution in [0.2, 0.25) is 0 Å². The summed E-state index contributed by atoms with van der Waals surface area (Å²) in [6.07, 6.45) is 6.18. The van der Waals surface area contributed by atoms with Crippen molar-refractivity contribution in [2.24, 2.45) is 0 Å². The Kier molecular flexibility index (Phi) is 4.12. The van der Waals surface area contributed by atoms with Gasteiger partial charge in [0, 0.05) is 19.5 Å². The third-order valence-corrected chi connectivity index (χ3v) is 2.35. The number of unbranched alkanes of at least 4 members (excludes halogenated alkanes) is 1. The summed E-state index contributed by atoms with van der Waals surface area (Å²) in [5.74, 6) is 0.332. The second kappa shape index (κ2) is 5.18. The maximum atomic E-state index is 11.5. The molecule has 12 heavy (non-hydrogen) atoms. The number of likely N-dealkylation sites (tertiary alicyclic amines) is 1. The van der Waals surface area contributed by atoms with Gasteiger partial charge in [0.15, 0.2) is 0 Å². The summed E-state index contributed by atoms with van der Waals surface area (Å²) < 4.78 is 0. The van der Waals surface area contributed by atoms with Crippen LogP contribution >= 0.6 is 0 Å². The molecule has 2 heteroatoms. The van der Waals surface area contributed by atoms with E-state index in [1.165, 1.54) is 19.3 Å². The van der Waals surface area contributed by atoms with Gasteiger partial charge >= 0.3 is 0 Å². The van der Waals surface area contributed by atoms with Crippen LogP contribution < -0.4 is 0 Å². The molecule has 1 rings (SSSR count). The Morgan fingerprint density at radius 2 is 1.92 bits per heavy atom. The topological polar surface area (TPSA) is 20.3 Å². The minimum Gasteiger partial charge on any atom is -0.343 e. The first-order chi connectivity index (χ1) is 5.84. The first-order valence-corrected chi connectivity index (χ1v) is 4.91. The Balaban J connectivity index is 2.20. The standard InChI is InChI=1S/C10H18NO/c1-2-3-7-10(12)11-8-5-4-6-9-11/h1-9H2. The van der Waals surface area contributed by atoms with Crippen molar-refractivity contribution >= 4 is 5.91 Å². The molecule has 1 aliphatic heterocycles. The zero-order valence-corrected chi connectivity index (χ0v) is 7.72. The smallest absolute Gasteiger partial charge is 0.222 e. The molecule has 1 aliphatic rings.